The van der Waals surface area contributed by atoms with Crippen LogP contribution in [-0.4, -0.2) is 47.3 Å². The van der Waals surface area contributed by atoms with Crippen LogP contribution in [0.4, 0.5) is 0 Å². The van der Waals surface area contributed by atoms with Gasteiger partial charge >= 0.3 is 0 Å². The Morgan fingerprint density at radius 3 is 2.78 bits per heavy atom. The van der Waals surface area contributed by atoms with E-state index in [1.807, 2.05) is 32.4 Å². The normalized spacial score (nSPS) is 12.8. The third kappa shape index (κ3) is 5.56. The van der Waals surface area contributed by atoms with Crippen LogP contribution in [0.2, 0.25) is 0 Å². The molecule has 0 fully saturated rings. The Hall–Kier alpha value is -2.08. The van der Waals surface area contributed by atoms with Crippen LogP contribution in [0.3, 0.4) is 0 Å². The Kier molecular flexibility index (Phi) is 5.98. The summed E-state index contributed by atoms with van der Waals surface area (Å²) < 4.78 is 7.40. The molecule has 1 amide bonds. The predicted molar refractivity (Wildman–Crippen MR) is 89.3 cm³/mol. The summed E-state index contributed by atoms with van der Waals surface area (Å²) in [5, 5.41) is 7.20. The van der Waals surface area contributed by atoms with Crippen LogP contribution in [-0.2, 0) is 6.54 Å². The van der Waals surface area contributed by atoms with E-state index in [1.165, 1.54) is 0 Å². The first-order valence-corrected chi connectivity index (χ1v) is 7.95. The lowest BCUT2D eigenvalue weighted by Crippen LogP contribution is -2.42. The summed E-state index contributed by atoms with van der Waals surface area (Å²) in [6.45, 7) is 5.64. The quantitative estimate of drug-likeness (QED) is 0.811. The van der Waals surface area contributed by atoms with Crippen molar-refractivity contribution in [3.63, 3.8) is 0 Å². The van der Waals surface area contributed by atoms with E-state index in [4.69, 9.17) is 4.42 Å². The zero-order valence-corrected chi connectivity index (χ0v) is 14.3. The lowest BCUT2D eigenvalue weighted by atomic mass is 10.0. The van der Waals surface area contributed by atoms with Gasteiger partial charge in [0.2, 0.25) is 0 Å². The van der Waals surface area contributed by atoms with Crippen molar-refractivity contribution in [1.82, 2.24) is 20.0 Å². The number of carbonyl (C=O) groups excluding carboxylic acids is 1. The van der Waals surface area contributed by atoms with Crippen LogP contribution in [0.25, 0.3) is 0 Å². The van der Waals surface area contributed by atoms with Crippen LogP contribution in [0, 0.1) is 5.92 Å². The minimum absolute atomic E-state index is 0.108. The van der Waals surface area contributed by atoms with E-state index in [2.05, 4.69) is 29.2 Å². The van der Waals surface area contributed by atoms with E-state index in [-0.39, 0.29) is 11.9 Å². The van der Waals surface area contributed by atoms with Gasteiger partial charge in [-0.25, -0.2) is 0 Å². The highest BCUT2D eigenvalue weighted by molar-refractivity contribution is 5.91. The van der Waals surface area contributed by atoms with E-state index in [0.29, 0.717) is 24.0 Å². The van der Waals surface area contributed by atoms with E-state index in [0.717, 1.165) is 13.0 Å². The summed E-state index contributed by atoms with van der Waals surface area (Å²) in [4.78, 5) is 14.5. The molecule has 0 saturated heterocycles. The second-order valence-corrected chi connectivity index (χ2v) is 6.53. The zero-order valence-electron chi connectivity index (χ0n) is 14.3. The first-order chi connectivity index (χ1) is 10.9. The number of hydrogen-bond acceptors (Lipinski definition) is 4. The molecule has 2 rings (SSSR count). The molecule has 0 spiro atoms. The molecule has 0 aromatic carbocycles. The minimum Gasteiger partial charge on any atom is -0.454 e. The number of hydrogen-bond donors (Lipinski definition) is 1. The lowest BCUT2D eigenvalue weighted by molar-refractivity contribution is 0.0894. The van der Waals surface area contributed by atoms with Crippen LogP contribution >= 0.6 is 0 Å². The molecule has 1 N–H and O–H groups in total. The molecular weight excluding hydrogens is 292 g/mol. The second kappa shape index (κ2) is 7.97. The second-order valence-electron chi connectivity index (χ2n) is 6.53. The highest BCUT2D eigenvalue weighted by Gasteiger charge is 2.18. The van der Waals surface area contributed by atoms with E-state index >= 15 is 0 Å². The van der Waals surface area contributed by atoms with Gasteiger partial charge in [-0.05, 0) is 44.6 Å². The minimum atomic E-state index is -0.163. The Morgan fingerprint density at radius 2 is 2.17 bits per heavy atom. The first kappa shape index (κ1) is 17.3. The molecule has 2 heterocycles. The van der Waals surface area contributed by atoms with Gasteiger partial charge < -0.3 is 14.6 Å². The summed E-state index contributed by atoms with van der Waals surface area (Å²) >= 11 is 0. The van der Waals surface area contributed by atoms with Gasteiger partial charge in [0.1, 0.15) is 5.76 Å². The number of amides is 1. The third-order valence-corrected chi connectivity index (χ3v) is 3.44. The highest BCUT2D eigenvalue weighted by atomic mass is 16.4. The fourth-order valence-corrected chi connectivity index (χ4v) is 2.58. The Morgan fingerprint density at radius 1 is 1.39 bits per heavy atom. The van der Waals surface area contributed by atoms with Crippen molar-refractivity contribution in [3.8, 4) is 0 Å². The van der Waals surface area contributed by atoms with E-state index in [1.54, 1.807) is 16.9 Å². The maximum absolute atomic E-state index is 12.4. The summed E-state index contributed by atoms with van der Waals surface area (Å²) in [5.74, 6) is 1.42. The van der Waals surface area contributed by atoms with Gasteiger partial charge in [-0.15, -0.1) is 0 Å². The Balaban J connectivity index is 1.97. The zero-order chi connectivity index (χ0) is 16.8. The van der Waals surface area contributed by atoms with E-state index < -0.39 is 0 Å². The standard InChI is InChI=1S/C17H26N4O2/c1-13(2)10-14(11-20(3)4)19-17(22)16-7-6-15(23-16)12-21-9-5-8-18-21/h5-9,13-14H,10-12H2,1-4H3,(H,19,22). The van der Waals surface area contributed by atoms with Crippen molar-refractivity contribution in [3.05, 3.63) is 42.1 Å². The van der Waals surface area contributed by atoms with Gasteiger partial charge in [-0.3, -0.25) is 9.48 Å². The molecule has 0 aliphatic rings. The molecule has 23 heavy (non-hydrogen) atoms. The van der Waals surface area contributed by atoms with Crippen LogP contribution < -0.4 is 5.32 Å². The third-order valence-electron chi connectivity index (χ3n) is 3.44. The highest BCUT2D eigenvalue weighted by Crippen LogP contribution is 2.11. The van der Waals surface area contributed by atoms with E-state index in [9.17, 15) is 4.79 Å². The molecule has 0 aliphatic heterocycles. The molecule has 0 saturated carbocycles. The molecule has 2 aromatic rings. The maximum Gasteiger partial charge on any atom is 0.287 e. The number of likely N-dealkylation sites (N-methyl/N-ethyl adjacent to an activating group) is 1. The van der Waals surface area contributed by atoms with Crippen molar-refractivity contribution in [2.45, 2.75) is 32.9 Å². The molecule has 1 unspecified atom stereocenters. The van der Waals surface area contributed by atoms with Gasteiger partial charge in [0.05, 0.1) is 6.54 Å². The first-order valence-electron chi connectivity index (χ1n) is 7.95. The summed E-state index contributed by atoms with van der Waals surface area (Å²) in [6.07, 6.45) is 4.51. The average molecular weight is 318 g/mol. The predicted octanol–water partition coefficient (Wildman–Crippen LogP) is 2.23. The largest absolute Gasteiger partial charge is 0.454 e. The summed E-state index contributed by atoms with van der Waals surface area (Å²) in [7, 11) is 4.02. The number of aromatic nitrogens is 2. The number of rotatable bonds is 8. The Labute approximate surface area is 137 Å². The Bertz CT molecular complexity index is 592. The van der Waals surface area contributed by atoms with Crippen molar-refractivity contribution in [1.29, 1.82) is 0 Å². The molecule has 0 aliphatic carbocycles. The number of nitrogens with zero attached hydrogens (tertiary/aromatic N) is 3. The molecule has 1 atom stereocenters. The van der Waals surface area contributed by atoms with Gasteiger partial charge in [0.25, 0.3) is 5.91 Å². The molecule has 0 radical (unpaired) electrons. The van der Waals surface area contributed by atoms with Crippen LogP contribution in [0.15, 0.2) is 35.0 Å². The monoisotopic (exact) mass is 318 g/mol. The number of furan rings is 1. The van der Waals surface area contributed by atoms with Crippen molar-refractivity contribution >= 4 is 5.91 Å². The fraction of sp³-hybridized carbons (Fsp3) is 0.529. The SMILES string of the molecule is CC(C)CC(CN(C)C)NC(=O)c1ccc(Cn2cccn2)o1. The summed E-state index contributed by atoms with van der Waals surface area (Å²) in [6, 6.07) is 5.50. The molecule has 6 heteroatoms. The molecular formula is C17H26N4O2. The smallest absolute Gasteiger partial charge is 0.287 e. The van der Waals surface area contributed by atoms with Gasteiger partial charge in [-0.2, -0.15) is 5.10 Å². The fourth-order valence-electron chi connectivity index (χ4n) is 2.58. The van der Waals surface area contributed by atoms with Crippen molar-refractivity contribution in [2.75, 3.05) is 20.6 Å². The van der Waals surface area contributed by atoms with Crippen molar-refractivity contribution < 1.29 is 9.21 Å². The number of carbonyl (C=O) groups is 1. The molecule has 2 aromatic heterocycles. The van der Waals surface area contributed by atoms with Gasteiger partial charge in [0.15, 0.2) is 5.76 Å². The lowest BCUT2D eigenvalue weighted by Gasteiger charge is -2.23. The number of nitrogens with one attached hydrogen (secondary N) is 1. The summed E-state index contributed by atoms with van der Waals surface area (Å²) in [5.41, 5.74) is 0. The van der Waals surface area contributed by atoms with Crippen LogP contribution in [0.1, 0.15) is 36.6 Å². The molecule has 126 valence electrons. The van der Waals surface area contributed by atoms with Crippen molar-refractivity contribution in [2.24, 2.45) is 5.92 Å². The maximum atomic E-state index is 12.4. The molecule has 6 nitrogen and oxygen atoms in total. The van der Waals surface area contributed by atoms with Gasteiger partial charge in [-0.1, -0.05) is 13.8 Å². The average Bonchev–Trinajstić information content (AvgIpc) is 3.09. The topological polar surface area (TPSA) is 63.3 Å². The van der Waals surface area contributed by atoms with Gasteiger partial charge in [0, 0.05) is 25.0 Å². The van der Waals surface area contributed by atoms with Crippen LogP contribution in [0.5, 0.6) is 0 Å². The molecule has 0 bridgehead atoms.